The van der Waals surface area contributed by atoms with Crippen molar-refractivity contribution in [2.75, 3.05) is 31.6 Å². The fourth-order valence-corrected chi connectivity index (χ4v) is 4.45. The highest BCUT2D eigenvalue weighted by Crippen LogP contribution is 2.37. The fourth-order valence-electron chi connectivity index (χ4n) is 4.45. The number of methoxy groups -OCH3 is 1. The first kappa shape index (κ1) is 20.6. The van der Waals surface area contributed by atoms with Gasteiger partial charge in [-0.25, -0.2) is 0 Å². The lowest BCUT2D eigenvalue weighted by molar-refractivity contribution is -0.118. The summed E-state index contributed by atoms with van der Waals surface area (Å²) in [6, 6.07) is 12.2. The van der Waals surface area contributed by atoms with Crippen LogP contribution in [-0.4, -0.2) is 38.4 Å². The van der Waals surface area contributed by atoms with Gasteiger partial charge >= 0.3 is 0 Å². The highest BCUT2D eigenvalue weighted by atomic mass is 16.5. The van der Waals surface area contributed by atoms with Gasteiger partial charge in [0.15, 0.2) is 5.78 Å². The molecule has 0 spiro atoms. The first-order chi connectivity index (χ1) is 14.7. The summed E-state index contributed by atoms with van der Waals surface area (Å²) in [6.07, 6.45) is 5.65. The van der Waals surface area contributed by atoms with E-state index in [-0.39, 0.29) is 11.7 Å². The number of anilines is 1. The van der Waals surface area contributed by atoms with Gasteiger partial charge in [0.2, 0.25) is 5.91 Å². The standard InChI is InChI=1S/C25H30N2O3/c1-30-22-8-5-18(6-9-22)11-14-26-13-3-2-4-23(28)21-16-19-7-10-24(29)27-15-12-20(17-21)25(19)27/h5-6,8-9,16-17,26H,2-4,7,10-15H2,1H3. The number of amides is 1. The molecule has 30 heavy (non-hydrogen) atoms. The van der Waals surface area contributed by atoms with Gasteiger partial charge < -0.3 is 15.0 Å². The Morgan fingerprint density at radius 3 is 2.57 bits per heavy atom. The van der Waals surface area contributed by atoms with Crippen molar-refractivity contribution in [1.29, 1.82) is 0 Å². The largest absolute Gasteiger partial charge is 0.497 e. The van der Waals surface area contributed by atoms with Crippen LogP contribution >= 0.6 is 0 Å². The Kier molecular flexibility index (Phi) is 6.48. The molecule has 2 aromatic rings. The molecule has 0 bridgehead atoms. The zero-order chi connectivity index (χ0) is 20.9. The molecule has 2 aromatic carbocycles. The number of benzene rings is 2. The number of Topliss-reactive ketones (excluding diaryl/α,β-unsaturated/α-hetero) is 1. The van der Waals surface area contributed by atoms with Gasteiger partial charge in [0.25, 0.3) is 0 Å². The van der Waals surface area contributed by atoms with E-state index in [0.29, 0.717) is 12.8 Å². The van der Waals surface area contributed by atoms with Crippen LogP contribution in [0.15, 0.2) is 36.4 Å². The van der Waals surface area contributed by atoms with E-state index in [9.17, 15) is 9.59 Å². The Bertz CT molecular complexity index is 921. The van der Waals surface area contributed by atoms with Crippen LogP contribution in [0.2, 0.25) is 0 Å². The molecule has 0 radical (unpaired) electrons. The Morgan fingerprint density at radius 2 is 1.80 bits per heavy atom. The third kappa shape index (κ3) is 4.57. The van der Waals surface area contributed by atoms with Crippen LogP contribution in [0.4, 0.5) is 5.69 Å². The summed E-state index contributed by atoms with van der Waals surface area (Å²) in [4.78, 5) is 26.6. The van der Waals surface area contributed by atoms with Gasteiger partial charge in [0.1, 0.15) is 5.75 Å². The van der Waals surface area contributed by atoms with Gasteiger partial charge in [-0.15, -0.1) is 0 Å². The smallest absolute Gasteiger partial charge is 0.227 e. The second kappa shape index (κ2) is 9.43. The molecule has 0 fully saturated rings. The van der Waals surface area contributed by atoms with Gasteiger partial charge in [-0.2, -0.15) is 0 Å². The highest BCUT2D eigenvalue weighted by molar-refractivity contribution is 6.02. The molecular weight excluding hydrogens is 376 g/mol. The number of ketones is 1. The maximum atomic E-state index is 12.7. The lowest BCUT2D eigenvalue weighted by Gasteiger charge is -2.25. The summed E-state index contributed by atoms with van der Waals surface area (Å²) < 4.78 is 5.18. The van der Waals surface area contributed by atoms with Crippen molar-refractivity contribution in [2.24, 2.45) is 0 Å². The molecule has 0 saturated carbocycles. The van der Waals surface area contributed by atoms with Crippen molar-refractivity contribution in [3.05, 3.63) is 58.7 Å². The topological polar surface area (TPSA) is 58.6 Å². The Hall–Kier alpha value is -2.66. The molecule has 4 rings (SSSR count). The van der Waals surface area contributed by atoms with E-state index in [1.165, 1.54) is 16.7 Å². The second-order valence-corrected chi connectivity index (χ2v) is 8.17. The minimum atomic E-state index is 0.222. The van der Waals surface area contributed by atoms with Crippen molar-refractivity contribution in [3.8, 4) is 5.75 Å². The first-order valence-electron chi connectivity index (χ1n) is 11.0. The molecule has 0 aromatic heterocycles. The zero-order valence-corrected chi connectivity index (χ0v) is 17.7. The van der Waals surface area contributed by atoms with E-state index in [2.05, 4.69) is 17.4 Å². The number of rotatable bonds is 10. The minimum absolute atomic E-state index is 0.222. The molecule has 158 valence electrons. The number of hydrogen-bond acceptors (Lipinski definition) is 4. The summed E-state index contributed by atoms with van der Waals surface area (Å²) in [6.45, 7) is 2.63. The molecule has 5 heteroatoms. The Balaban J connectivity index is 1.18. The Morgan fingerprint density at radius 1 is 1.03 bits per heavy atom. The molecule has 2 heterocycles. The first-order valence-corrected chi connectivity index (χ1v) is 11.0. The van der Waals surface area contributed by atoms with Crippen LogP contribution in [0.25, 0.3) is 0 Å². The molecule has 0 saturated heterocycles. The number of carbonyl (C=O) groups excluding carboxylic acids is 2. The number of unbranched alkanes of at least 4 members (excludes halogenated alkanes) is 1. The Labute approximate surface area is 178 Å². The van der Waals surface area contributed by atoms with Gasteiger partial charge in [0, 0.05) is 24.9 Å². The van der Waals surface area contributed by atoms with Crippen LogP contribution in [0.5, 0.6) is 5.75 Å². The maximum Gasteiger partial charge on any atom is 0.227 e. The molecule has 0 aliphatic carbocycles. The molecule has 2 aliphatic heterocycles. The van der Waals surface area contributed by atoms with Crippen molar-refractivity contribution in [3.63, 3.8) is 0 Å². The number of carbonyl (C=O) groups is 2. The van der Waals surface area contributed by atoms with Gasteiger partial charge in [-0.3, -0.25) is 9.59 Å². The summed E-state index contributed by atoms with van der Waals surface area (Å²) in [7, 11) is 1.68. The molecule has 2 aliphatic rings. The summed E-state index contributed by atoms with van der Waals surface area (Å²) >= 11 is 0. The van der Waals surface area contributed by atoms with Crippen molar-refractivity contribution < 1.29 is 14.3 Å². The van der Waals surface area contributed by atoms with Gasteiger partial charge in [-0.05, 0) is 86.1 Å². The maximum absolute atomic E-state index is 12.7. The average Bonchev–Trinajstić information content (AvgIpc) is 3.21. The number of nitrogens with zero attached hydrogens (tertiary/aromatic N) is 1. The summed E-state index contributed by atoms with van der Waals surface area (Å²) in [5.41, 5.74) is 5.55. The van der Waals surface area contributed by atoms with Crippen LogP contribution in [-0.2, 0) is 24.1 Å². The van der Waals surface area contributed by atoms with Crippen LogP contribution in [0.3, 0.4) is 0 Å². The molecule has 1 N–H and O–H groups in total. The number of aryl methyl sites for hydroxylation is 1. The second-order valence-electron chi connectivity index (χ2n) is 8.17. The van der Waals surface area contributed by atoms with E-state index < -0.39 is 0 Å². The van der Waals surface area contributed by atoms with E-state index in [1.54, 1.807) is 7.11 Å². The van der Waals surface area contributed by atoms with E-state index in [0.717, 1.165) is 68.7 Å². The van der Waals surface area contributed by atoms with E-state index in [1.807, 2.05) is 29.2 Å². The van der Waals surface area contributed by atoms with Crippen LogP contribution in [0, 0.1) is 0 Å². The molecule has 0 atom stereocenters. The summed E-state index contributed by atoms with van der Waals surface area (Å²) in [5, 5.41) is 3.46. The predicted molar refractivity (Wildman–Crippen MR) is 119 cm³/mol. The lowest BCUT2D eigenvalue weighted by atomic mass is 9.94. The van der Waals surface area contributed by atoms with Crippen molar-refractivity contribution in [2.45, 2.75) is 44.9 Å². The SMILES string of the molecule is COc1ccc(CCNCCCCC(=O)c2cc3c4c(c2)CCN4C(=O)CC3)cc1. The highest BCUT2D eigenvalue weighted by Gasteiger charge is 2.31. The zero-order valence-electron chi connectivity index (χ0n) is 17.7. The number of ether oxygens (including phenoxy) is 1. The summed E-state index contributed by atoms with van der Waals surface area (Å²) in [5.74, 6) is 1.33. The molecular formula is C25H30N2O3. The predicted octanol–water partition coefficient (Wildman–Crippen LogP) is 3.72. The minimum Gasteiger partial charge on any atom is -0.497 e. The normalized spacial score (nSPS) is 14.7. The third-order valence-electron chi connectivity index (χ3n) is 6.13. The van der Waals surface area contributed by atoms with Crippen LogP contribution < -0.4 is 15.0 Å². The van der Waals surface area contributed by atoms with Crippen molar-refractivity contribution in [1.82, 2.24) is 5.32 Å². The lowest BCUT2D eigenvalue weighted by Crippen LogP contribution is -2.32. The van der Waals surface area contributed by atoms with Gasteiger partial charge in [0.05, 0.1) is 12.8 Å². The third-order valence-corrected chi connectivity index (χ3v) is 6.13. The number of nitrogens with one attached hydrogen (secondary N) is 1. The molecule has 0 unspecified atom stereocenters. The van der Waals surface area contributed by atoms with E-state index >= 15 is 0 Å². The van der Waals surface area contributed by atoms with E-state index in [4.69, 9.17) is 4.74 Å². The molecule has 5 nitrogen and oxygen atoms in total. The van der Waals surface area contributed by atoms with Gasteiger partial charge in [-0.1, -0.05) is 12.1 Å². The fraction of sp³-hybridized carbons (Fsp3) is 0.440. The number of hydrogen-bond donors (Lipinski definition) is 1. The van der Waals surface area contributed by atoms with Crippen LogP contribution in [0.1, 0.15) is 52.7 Å². The monoisotopic (exact) mass is 406 g/mol. The molecule has 1 amide bonds. The van der Waals surface area contributed by atoms with Crippen molar-refractivity contribution >= 4 is 17.4 Å². The quantitative estimate of drug-likeness (QED) is 0.483. The average molecular weight is 407 g/mol.